The van der Waals surface area contributed by atoms with Crippen LogP contribution in [0.15, 0.2) is 0 Å². The molecule has 1 rings (SSSR count). The van der Waals surface area contributed by atoms with Crippen molar-refractivity contribution in [3.05, 3.63) is 0 Å². The van der Waals surface area contributed by atoms with E-state index in [1.54, 1.807) is 4.90 Å². The van der Waals surface area contributed by atoms with E-state index in [1.807, 2.05) is 20.8 Å². The molecule has 0 aromatic heterocycles. The van der Waals surface area contributed by atoms with Gasteiger partial charge in [0.05, 0.1) is 0 Å². The summed E-state index contributed by atoms with van der Waals surface area (Å²) in [4.78, 5) is 26.7. The monoisotopic (exact) mass is 297 g/mol. The number of likely N-dealkylation sites (tertiary alicyclic amines) is 1. The Balaban J connectivity index is 2.71. The molecule has 1 fully saturated rings. The molecule has 0 radical (unpaired) electrons. The van der Waals surface area contributed by atoms with Crippen LogP contribution in [-0.4, -0.2) is 35.0 Å². The average Bonchev–Trinajstić information content (AvgIpc) is 2.86. The van der Waals surface area contributed by atoms with Gasteiger partial charge in [-0.3, -0.25) is 4.79 Å². The van der Waals surface area contributed by atoms with E-state index < -0.39 is 5.60 Å². The van der Waals surface area contributed by atoms with Crippen molar-refractivity contribution < 1.29 is 14.3 Å². The van der Waals surface area contributed by atoms with Crippen LogP contribution in [0.2, 0.25) is 0 Å². The van der Waals surface area contributed by atoms with Crippen LogP contribution >= 0.6 is 0 Å². The molecule has 4 heteroatoms. The second-order valence-electron chi connectivity index (χ2n) is 6.97. The predicted molar refractivity (Wildman–Crippen MR) is 83.9 cm³/mol. The van der Waals surface area contributed by atoms with Crippen LogP contribution in [-0.2, 0) is 14.3 Å². The van der Waals surface area contributed by atoms with Gasteiger partial charge in [-0.05, 0) is 46.5 Å². The Morgan fingerprint density at radius 1 is 1.29 bits per heavy atom. The lowest BCUT2D eigenvalue weighted by Gasteiger charge is -2.29. The van der Waals surface area contributed by atoms with Crippen LogP contribution < -0.4 is 0 Å². The van der Waals surface area contributed by atoms with Gasteiger partial charge in [-0.25, -0.2) is 4.79 Å². The largest absolute Gasteiger partial charge is 0.458 e. The summed E-state index contributed by atoms with van der Waals surface area (Å²) in [6.07, 6.45) is 5.54. The molecule has 0 aromatic rings. The second-order valence-corrected chi connectivity index (χ2v) is 6.97. The van der Waals surface area contributed by atoms with Gasteiger partial charge in [0, 0.05) is 12.5 Å². The molecule has 4 nitrogen and oxygen atoms in total. The maximum Gasteiger partial charge on any atom is 0.329 e. The van der Waals surface area contributed by atoms with Crippen molar-refractivity contribution in [2.75, 3.05) is 6.54 Å². The minimum Gasteiger partial charge on any atom is -0.458 e. The van der Waals surface area contributed by atoms with Crippen molar-refractivity contribution in [2.45, 2.75) is 84.8 Å². The zero-order chi connectivity index (χ0) is 16.0. The molecule has 1 unspecified atom stereocenters. The Bertz CT molecular complexity index is 360. The van der Waals surface area contributed by atoms with Gasteiger partial charge in [-0.1, -0.05) is 26.7 Å². The lowest BCUT2D eigenvalue weighted by Crippen LogP contribution is -2.45. The summed E-state index contributed by atoms with van der Waals surface area (Å²) in [7, 11) is 0. The maximum atomic E-state index is 12.7. The highest BCUT2D eigenvalue weighted by Crippen LogP contribution is 2.25. The number of carbonyl (C=O) groups excluding carboxylic acids is 2. The van der Waals surface area contributed by atoms with E-state index in [4.69, 9.17) is 4.74 Å². The number of hydrogen-bond donors (Lipinski definition) is 0. The summed E-state index contributed by atoms with van der Waals surface area (Å²) in [5.41, 5.74) is -0.499. The van der Waals surface area contributed by atoms with Crippen LogP contribution in [0.25, 0.3) is 0 Å². The fourth-order valence-corrected chi connectivity index (χ4v) is 2.83. The first-order chi connectivity index (χ1) is 9.80. The summed E-state index contributed by atoms with van der Waals surface area (Å²) in [6, 6.07) is -0.382. The van der Waals surface area contributed by atoms with Gasteiger partial charge in [0.15, 0.2) is 0 Å². The van der Waals surface area contributed by atoms with E-state index in [2.05, 4.69) is 13.8 Å². The highest BCUT2D eigenvalue weighted by molar-refractivity contribution is 5.86. The summed E-state index contributed by atoms with van der Waals surface area (Å²) < 4.78 is 5.46. The number of hydrogen-bond acceptors (Lipinski definition) is 3. The molecule has 1 aliphatic rings. The van der Waals surface area contributed by atoms with Gasteiger partial charge in [-0.2, -0.15) is 0 Å². The van der Waals surface area contributed by atoms with Crippen molar-refractivity contribution in [3.8, 4) is 0 Å². The van der Waals surface area contributed by atoms with Gasteiger partial charge >= 0.3 is 5.97 Å². The molecular weight excluding hydrogens is 266 g/mol. The average molecular weight is 297 g/mol. The van der Waals surface area contributed by atoms with Gasteiger partial charge in [0.1, 0.15) is 11.6 Å². The van der Waals surface area contributed by atoms with Gasteiger partial charge < -0.3 is 9.64 Å². The van der Waals surface area contributed by atoms with Gasteiger partial charge in [-0.15, -0.1) is 0 Å². The highest BCUT2D eigenvalue weighted by atomic mass is 16.6. The van der Waals surface area contributed by atoms with Crippen molar-refractivity contribution in [3.63, 3.8) is 0 Å². The Kier molecular flexibility index (Phi) is 6.69. The van der Waals surface area contributed by atoms with E-state index in [0.29, 0.717) is 6.54 Å². The van der Waals surface area contributed by atoms with Crippen molar-refractivity contribution in [1.82, 2.24) is 4.90 Å². The molecule has 122 valence electrons. The highest BCUT2D eigenvalue weighted by Gasteiger charge is 2.38. The normalized spacial score (nSPS) is 20.4. The molecule has 2 atom stereocenters. The first-order valence-corrected chi connectivity index (χ1v) is 8.33. The topological polar surface area (TPSA) is 46.6 Å². The van der Waals surface area contributed by atoms with Crippen LogP contribution in [0.3, 0.4) is 0 Å². The van der Waals surface area contributed by atoms with Gasteiger partial charge in [0.2, 0.25) is 5.91 Å². The number of unbranched alkanes of at least 4 members (excludes halogenated alkanes) is 1. The predicted octanol–water partition coefficient (Wildman–Crippen LogP) is 3.54. The van der Waals surface area contributed by atoms with E-state index in [1.165, 1.54) is 0 Å². The zero-order valence-corrected chi connectivity index (χ0v) is 14.3. The molecule has 0 N–H and O–H groups in total. The third-order valence-corrected chi connectivity index (χ3v) is 3.96. The van der Waals surface area contributed by atoms with E-state index in [-0.39, 0.29) is 23.8 Å². The first-order valence-electron chi connectivity index (χ1n) is 8.33. The minimum atomic E-state index is -0.499. The minimum absolute atomic E-state index is 0.0491. The molecule has 0 bridgehead atoms. The molecule has 1 aliphatic heterocycles. The molecule has 0 aliphatic carbocycles. The third-order valence-electron chi connectivity index (χ3n) is 3.96. The summed E-state index contributed by atoms with van der Waals surface area (Å²) >= 11 is 0. The third kappa shape index (κ3) is 5.33. The van der Waals surface area contributed by atoms with E-state index in [0.717, 1.165) is 38.5 Å². The lowest BCUT2D eigenvalue weighted by molar-refractivity contribution is -0.164. The fraction of sp³-hybridized carbons (Fsp3) is 0.882. The standard InChI is InChI=1S/C17H31NO3/c1-6-8-10-13(7-2)15(19)18-12-9-11-14(18)16(20)21-17(3,4)5/h13-14H,6-12H2,1-5H3/t13?,14-/m1/s1. The van der Waals surface area contributed by atoms with Crippen molar-refractivity contribution in [1.29, 1.82) is 0 Å². The molecule has 0 spiro atoms. The molecule has 1 heterocycles. The van der Waals surface area contributed by atoms with Crippen LogP contribution in [0.5, 0.6) is 0 Å². The van der Waals surface area contributed by atoms with Crippen molar-refractivity contribution >= 4 is 11.9 Å². The molecule has 1 amide bonds. The summed E-state index contributed by atoms with van der Waals surface area (Å²) in [5, 5.41) is 0. The van der Waals surface area contributed by atoms with Crippen LogP contribution in [0.1, 0.15) is 73.1 Å². The molecule has 21 heavy (non-hydrogen) atoms. The Morgan fingerprint density at radius 2 is 1.95 bits per heavy atom. The SMILES string of the molecule is CCCCC(CC)C(=O)N1CCC[C@@H]1C(=O)OC(C)(C)C. The Morgan fingerprint density at radius 3 is 2.48 bits per heavy atom. The number of nitrogens with zero attached hydrogens (tertiary/aromatic N) is 1. The molecule has 0 aromatic carbocycles. The first kappa shape index (κ1) is 18.0. The summed E-state index contributed by atoms with van der Waals surface area (Å²) in [5.74, 6) is -0.0639. The fourth-order valence-electron chi connectivity index (χ4n) is 2.83. The van der Waals surface area contributed by atoms with E-state index in [9.17, 15) is 9.59 Å². The smallest absolute Gasteiger partial charge is 0.329 e. The summed E-state index contributed by atoms with van der Waals surface area (Å²) in [6.45, 7) is 10.5. The number of carbonyl (C=O) groups is 2. The zero-order valence-electron chi connectivity index (χ0n) is 14.3. The maximum absolute atomic E-state index is 12.7. The number of amides is 1. The van der Waals surface area contributed by atoms with Crippen LogP contribution in [0, 0.1) is 5.92 Å². The number of ether oxygens (including phenoxy) is 1. The van der Waals surface area contributed by atoms with Crippen LogP contribution in [0.4, 0.5) is 0 Å². The number of esters is 1. The molecule has 0 saturated carbocycles. The molecule has 1 saturated heterocycles. The Labute approximate surface area is 129 Å². The Hall–Kier alpha value is -1.06. The number of rotatable bonds is 6. The van der Waals surface area contributed by atoms with Gasteiger partial charge in [0.25, 0.3) is 0 Å². The quantitative estimate of drug-likeness (QED) is 0.705. The second kappa shape index (κ2) is 7.81. The lowest BCUT2D eigenvalue weighted by atomic mass is 9.97. The molecular formula is C17H31NO3. The van der Waals surface area contributed by atoms with Crippen molar-refractivity contribution in [2.24, 2.45) is 5.92 Å². The van der Waals surface area contributed by atoms with E-state index >= 15 is 0 Å².